The Kier molecular flexibility index (Phi) is 8.00. The lowest BCUT2D eigenvalue weighted by molar-refractivity contribution is -0.112. The Labute approximate surface area is 200 Å². The molecule has 168 valence electrons. The number of nitrogens with zero attached hydrogens (tertiary/aromatic N) is 2. The molecule has 12 heteroatoms. The number of morpholine rings is 1. The average Bonchev–Trinajstić information content (AvgIpc) is 2.77. The molecule has 0 aromatic heterocycles. The quantitative estimate of drug-likeness (QED) is 0.442. The zero-order chi connectivity index (χ0) is 23.3. The van der Waals surface area contributed by atoms with Crippen LogP contribution in [-0.2, 0) is 19.6 Å². The van der Waals surface area contributed by atoms with E-state index in [-0.39, 0.29) is 45.0 Å². The molecule has 0 saturated carbocycles. The molecule has 1 heterocycles. The summed E-state index contributed by atoms with van der Waals surface area (Å²) < 4.78 is 32.2. The predicted molar refractivity (Wildman–Crippen MR) is 123 cm³/mol. The number of nitriles is 1. The molecular weight excluding hydrogens is 499 g/mol. The number of hydrogen-bond donors (Lipinski definition) is 2. The fourth-order valence-corrected chi connectivity index (χ4v) is 4.85. The molecule has 0 bridgehead atoms. The van der Waals surface area contributed by atoms with Crippen LogP contribution in [0.5, 0.6) is 0 Å². The zero-order valence-electron chi connectivity index (χ0n) is 16.4. The van der Waals surface area contributed by atoms with E-state index in [1.807, 2.05) is 0 Å². The van der Waals surface area contributed by atoms with E-state index >= 15 is 0 Å². The molecule has 0 unspecified atom stereocenters. The summed E-state index contributed by atoms with van der Waals surface area (Å²) in [6.07, 6.45) is 1.13. The summed E-state index contributed by atoms with van der Waals surface area (Å²) in [6, 6.07) is 10.4. The number of rotatable bonds is 6. The molecule has 0 aliphatic carbocycles. The van der Waals surface area contributed by atoms with Gasteiger partial charge in [0, 0.05) is 24.3 Å². The lowest BCUT2D eigenvalue weighted by Gasteiger charge is -2.26. The van der Waals surface area contributed by atoms with Crippen LogP contribution in [0.3, 0.4) is 0 Å². The first-order valence-corrected chi connectivity index (χ1v) is 11.8. The smallest absolute Gasteiger partial charge is 0.267 e. The van der Waals surface area contributed by atoms with Crippen LogP contribution in [0.25, 0.3) is 0 Å². The van der Waals surface area contributed by atoms with E-state index in [1.54, 1.807) is 6.07 Å². The van der Waals surface area contributed by atoms with Crippen molar-refractivity contribution in [1.82, 2.24) is 4.31 Å². The molecule has 2 aromatic carbocycles. The second-order valence-electron chi connectivity index (χ2n) is 6.55. The largest absolute Gasteiger partial charge is 0.379 e. The molecule has 8 nitrogen and oxygen atoms in total. The third-order valence-corrected chi connectivity index (χ3v) is 7.23. The van der Waals surface area contributed by atoms with Crippen molar-refractivity contribution in [2.24, 2.45) is 0 Å². The summed E-state index contributed by atoms with van der Waals surface area (Å²) in [5.74, 6) is -0.725. The highest BCUT2D eigenvalue weighted by Crippen LogP contribution is 2.28. The Morgan fingerprint density at radius 3 is 2.44 bits per heavy atom. The third kappa shape index (κ3) is 5.72. The van der Waals surface area contributed by atoms with E-state index in [1.165, 1.54) is 40.7 Å². The molecule has 32 heavy (non-hydrogen) atoms. The number of benzene rings is 2. The zero-order valence-corrected chi connectivity index (χ0v) is 19.5. The summed E-state index contributed by atoms with van der Waals surface area (Å²) in [6.45, 7) is 1.14. The van der Waals surface area contributed by atoms with Gasteiger partial charge in [0.15, 0.2) is 0 Å². The summed E-state index contributed by atoms with van der Waals surface area (Å²) in [5.41, 5.74) is 0.207. The Bertz CT molecular complexity index is 1210. The maximum Gasteiger partial charge on any atom is 0.267 e. The number of carbonyl (C=O) groups is 1. The lowest BCUT2D eigenvalue weighted by atomic mass is 10.2. The van der Waals surface area contributed by atoms with Crippen LogP contribution >= 0.6 is 34.8 Å². The van der Waals surface area contributed by atoms with Crippen LogP contribution in [0.1, 0.15) is 0 Å². The summed E-state index contributed by atoms with van der Waals surface area (Å²) >= 11 is 18.0. The Morgan fingerprint density at radius 2 is 1.78 bits per heavy atom. The topological polar surface area (TPSA) is 112 Å². The first-order chi connectivity index (χ1) is 15.2. The fraction of sp³-hybridized carbons (Fsp3) is 0.200. The SMILES string of the molecule is N#C/C(=C/Nc1cc(S(=O)(=O)N2CCOCC2)ccc1Cl)C(=O)Nc1ccc(Cl)cc1Cl. The predicted octanol–water partition coefficient (Wildman–Crippen LogP) is 4.13. The minimum absolute atomic E-state index is 0.0237. The monoisotopic (exact) mass is 514 g/mol. The van der Waals surface area contributed by atoms with Crippen LogP contribution in [0.2, 0.25) is 15.1 Å². The average molecular weight is 516 g/mol. The lowest BCUT2D eigenvalue weighted by Crippen LogP contribution is -2.40. The van der Waals surface area contributed by atoms with Crippen molar-refractivity contribution in [2.45, 2.75) is 4.90 Å². The van der Waals surface area contributed by atoms with Crippen LogP contribution in [0.15, 0.2) is 53.1 Å². The van der Waals surface area contributed by atoms with Crippen LogP contribution < -0.4 is 10.6 Å². The van der Waals surface area contributed by atoms with Crippen molar-refractivity contribution >= 4 is 62.1 Å². The van der Waals surface area contributed by atoms with Gasteiger partial charge in [0.05, 0.1) is 39.5 Å². The molecule has 2 aromatic rings. The third-order valence-electron chi connectivity index (χ3n) is 4.46. The first kappa shape index (κ1) is 24.3. The van der Waals surface area contributed by atoms with Gasteiger partial charge in [-0.2, -0.15) is 9.57 Å². The summed E-state index contributed by atoms with van der Waals surface area (Å²) in [7, 11) is -3.75. The second kappa shape index (κ2) is 10.5. The van der Waals surface area contributed by atoms with Gasteiger partial charge in [0.2, 0.25) is 10.0 Å². The van der Waals surface area contributed by atoms with Crippen molar-refractivity contribution < 1.29 is 17.9 Å². The highest BCUT2D eigenvalue weighted by Gasteiger charge is 2.26. The van der Waals surface area contributed by atoms with Crippen molar-refractivity contribution in [3.8, 4) is 6.07 Å². The van der Waals surface area contributed by atoms with Crippen molar-refractivity contribution in [3.05, 3.63) is 63.2 Å². The number of amides is 1. The number of halogens is 3. The highest BCUT2D eigenvalue weighted by molar-refractivity contribution is 7.89. The molecule has 0 spiro atoms. The fourth-order valence-electron chi connectivity index (χ4n) is 2.79. The van der Waals surface area contributed by atoms with Crippen molar-refractivity contribution in [2.75, 3.05) is 36.9 Å². The van der Waals surface area contributed by atoms with Gasteiger partial charge in [-0.1, -0.05) is 34.8 Å². The number of nitrogens with one attached hydrogen (secondary N) is 2. The second-order valence-corrected chi connectivity index (χ2v) is 9.74. The minimum Gasteiger partial charge on any atom is -0.379 e. The van der Waals surface area contributed by atoms with Crippen LogP contribution in [0, 0.1) is 11.3 Å². The van der Waals surface area contributed by atoms with E-state index < -0.39 is 15.9 Å². The van der Waals surface area contributed by atoms with Crippen molar-refractivity contribution in [3.63, 3.8) is 0 Å². The first-order valence-electron chi connectivity index (χ1n) is 9.23. The normalized spacial score (nSPS) is 15.1. The van der Waals surface area contributed by atoms with Gasteiger partial charge in [0.25, 0.3) is 5.91 Å². The molecule has 2 N–H and O–H groups in total. The number of sulfonamides is 1. The van der Waals surface area contributed by atoms with E-state index in [4.69, 9.17) is 39.5 Å². The summed E-state index contributed by atoms with van der Waals surface area (Å²) in [4.78, 5) is 12.5. The summed E-state index contributed by atoms with van der Waals surface area (Å²) in [5, 5.41) is 15.4. The number of ether oxygens (including phenoxy) is 1. The Morgan fingerprint density at radius 1 is 1.06 bits per heavy atom. The highest BCUT2D eigenvalue weighted by atomic mass is 35.5. The number of hydrogen-bond acceptors (Lipinski definition) is 6. The number of anilines is 2. The van der Waals surface area contributed by atoms with E-state index in [0.717, 1.165) is 6.20 Å². The number of carbonyl (C=O) groups excluding carboxylic acids is 1. The van der Waals surface area contributed by atoms with Gasteiger partial charge < -0.3 is 15.4 Å². The van der Waals surface area contributed by atoms with Crippen LogP contribution in [0.4, 0.5) is 11.4 Å². The van der Waals surface area contributed by atoms with E-state index in [0.29, 0.717) is 18.2 Å². The molecule has 1 amide bonds. The van der Waals surface area contributed by atoms with Gasteiger partial charge in [-0.15, -0.1) is 0 Å². The maximum absolute atomic E-state index is 12.9. The van der Waals surface area contributed by atoms with Crippen LogP contribution in [-0.4, -0.2) is 44.9 Å². The standard InChI is InChI=1S/C20H17Cl3N4O4S/c21-14-1-4-18(17(23)9-14)26-20(28)13(11-24)12-25-19-10-15(2-3-16(19)22)32(29,30)27-5-7-31-8-6-27/h1-4,9-10,12,25H,5-8H2,(H,26,28)/b13-12-. The molecule has 1 fully saturated rings. The van der Waals surface area contributed by atoms with Crippen molar-refractivity contribution in [1.29, 1.82) is 5.26 Å². The minimum atomic E-state index is -3.75. The molecule has 1 aliphatic rings. The molecule has 0 radical (unpaired) electrons. The maximum atomic E-state index is 12.9. The van der Waals surface area contributed by atoms with Gasteiger partial charge in [-0.3, -0.25) is 4.79 Å². The van der Waals surface area contributed by atoms with E-state index in [9.17, 15) is 18.5 Å². The van der Waals surface area contributed by atoms with Gasteiger partial charge in [-0.25, -0.2) is 8.42 Å². The Hall–Kier alpha value is -2.32. The van der Waals surface area contributed by atoms with Gasteiger partial charge in [-0.05, 0) is 36.4 Å². The molecular formula is C20H17Cl3N4O4S. The molecule has 1 saturated heterocycles. The molecule has 0 atom stereocenters. The van der Waals surface area contributed by atoms with E-state index in [2.05, 4.69) is 10.6 Å². The molecule has 3 rings (SSSR count). The van der Waals surface area contributed by atoms with Gasteiger partial charge >= 0.3 is 0 Å². The Balaban J connectivity index is 1.80. The molecule has 1 aliphatic heterocycles. The van der Waals surface area contributed by atoms with Gasteiger partial charge in [0.1, 0.15) is 11.6 Å².